The van der Waals surface area contributed by atoms with Crippen molar-refractivity contribution in [1.29, 1.82) is 0 Å². The smallest absolute Gasteiger partial charge is 0.261 e. The summed E-state index contributed by atoms with van der Waals surface area (Å²) in [5, 5.41) is 4.20. The minimum atomic E-state index is -3.70. The number of nitrogens with zero attached hydrogens (tertiary/aromatic N) is 1. The number of anilines is 1. The quantitative estimate of drug-likeness (QED) is 0.344. The van der Waals surface area contributed by atoms with Crippen LogP contribution in [0.15, 0.2) is 77.8 Å². The van der Waals surface area contributed by atoms with E-state index in [2.05, 4.69) is 10.0 Å². The molecule has 3 aromatic carbocycles. The summed E-state index contributed by atoms with van der Waals surface area (Å²) in [7, 11) is -1.77. The van der Waals surface area contributed by atoms with Crippen LogP contribution in [-0.2, 0) is 23.6 Å². The lowest BCUT2D eigenvalue weighted by Gasteiger charge is -2.20. The number of hydrogen-bond donors (Lipinski definition) is 2. The van der Waals surface area contributed by atoms with Gasteiger partial charge in [-0.05, 0) is 54.1 Å². The van der Waals surface area contributed by atoms with Crippen LogP contribution in [0.2, 0.25) is 0 Å². The van der Waals surface area contributed by atoms with Gasteiger partial charge in [0.05, 0.1) is 4.90 Å². The Labute approximate surface area is 204 Å². The van der Waals surface area contributed by atoms with Crippen molar-refractivity contribution in [2.75, 3.05) is 31.1 Å². The van der Waals surface area contributed by atoms with Gasteiger partial charge in [0.25, 0.3) is 10.0 Å². The Kier molecular flexibility index (Phi) is 6.52. The van der Waals surface area contributed by atoms with Crippen molar-refractivity contribution >= 4 is 26.6 Å². The SMILES string of the molecule is Cn1ccc2cc(S(=O)(=O)Nc3cccc(CNCCOc4cccc5c4OCCO5)c3)ccc21. The van der Waals surface area contributed by atoms with Gasteiger partial charge in [-0.2, -0.15) is 0 Å². The van der Waals surface area contributed by atoms with Crippen LogP contribution in [-0.4, -0.2) is 39.4 Å². The lowest BCUT2D eigenvalue weighted by atomic mass is 10.2. The highest BCUT2D eigenvalue weighted by atomic mass is 32.2. The molecule has 0 fully saturated rings. The van der Waals surface area contributed by atoms with Gasteiger partial charge in [-0.25, -0.2) is 8.42 Å². The molecule has 35 heavy (non-hydrogen) atoms. The van der Waals surface area contributed by atoms with Gasteiger partial charge in [0.1, 0.15) is 19.8 Å². The highest BCUT2D eigenvalue weighted by Gasteiger charge is 2.17. The summed E-state index contributed by atoms with van der Waals surface area (Å²) in [6.07, 6.45) is 1.91. The van der Waals surface area contributed by atoms with E-state index in [9.17, 15) is 8.42 Å². The fourth-order valence-electron chi connectivity index (χ4n) is 4.01. The van der Waals surface area contributed by atoms with Crippen molar-refractivity contribution in [2.45, 2.75) is 11.4 Å². The number of rotatable bonds is 9. The van der Waals surface area contributed by atoms with Crippen molar-refractivity contribution in [1.82, 2.24) is 9.88 Å². The van der Waals surface area contributed by atoms with Crippen molar-refractivity contribution in [3.8, 4) is 17.2 Å². The number of benzene rings is 3. The molecule has 2 heterocycles. The largest absolute Gasteiger partial charge is 0.488 e. The summed E-state index contributed by atoms with van der Waals surface area (Å²) >= 11 is 0. The maximum absolute atomic E-state index is 12.9. The zero-order valence-corrected chi connectivity index (χ0v) is 20.2. The number of aryl methyl sites for hydroxylation is 1. The van der Waals surface area contributed by atoms with E-state index >= 15 is 0 Å². The van der Waals surface area contributed by atoms with Crippen molar-refractivity contribution < 1.29 is 22.6 Å². The highest BCUT2D eigenvalue weighted by molar-refractivity contribution is 7.92. The Bertz CT molecular complexity index is 1450. The van der Waals surface area contributed by atoms with Gasteiger partial charge in [-0.15, -0.1) is 0 Å². The van der Waals surface area contributed by atoms with E-state index in [4.69, 9.17) is 14.2 Å². The average Bonchev–Trinajstić information content (AvgIpc) is 3.24. The average molecular weight is 494 g/mol. The van der Waals surface area contributed by atoms with Crippen molar-refractivity contribution in [2.24, 2.45) is 7.05 Å². The van der Waals surface area contributed by atoms with Crippen LogP contribution >= 0.6 is 0 Å². The van der Waals surface area contributed by atoms with E-state index in [0.29, 0.717) is 55.8 Å². The Hall–Kier alpha value is -3.69. The zero-order chi connectivity index (χ0) is 24.3. The molecule has 5 rings (SSSR count). The van der Waals surface area contributed by atoms with Gasteiger partial charge < -0.3 is 24.1 Å². The van der Waals surface area contributed by atoms with Crippen LogP contribution in [0, 0.1) is 0 Å². The summed E-state index contributed by atoms with van der Waals surface area (Å²) in [5.74, 6) is 2.00. The second kappa shape index (κ2) is 9.89. The number of fused-ring (bicyclic) bond motifs is 2. The maximum Gasteiger partial charge on any atom is 0.261 e. The fraction of sp³-hybridized carbons (Fsp3) is 0.231. The van der Waals surface area contributed by atoms with Gasteiger partial charge in [0.15, 0.2) is 11.5 Å². The van der Waals surface area contributed by atoms with Crippen molar-refractivity contribution in [3.05, 3.63) is 78.5 Å². The number of para-hydroxylation sites is 1. The standard InChI is InChI=1S/C26H27N3O5S/c1-29-12-10-20-17-22(8-9-23(20)29)35(30,31)28-21-5-2-4-19(16-21)18-27-11-13-32-24-6-3-7-25-26(24)34-15-14-33-25/h2-10,12,16-17,27-28H,11,13-15,18H2,1H3. The monoisotopic (exact) mass is 493 g/mol. The predicted octanol–water partition coefficient (Wildman–Crippen LogP) is 3.92. The minimum Gasteiger partial charge on any atom is -0.488 e. The molecular weight excluding hydrogens is 466 g/mol. The van der Waals surface area contributed by atoms with Crippen LogP contribution in [0.4, 0.5) is 5.69 Å². The van der Waals surface area contributed by atoms with Gasteiger partial charge >= 0.3 is 0 Å². The van der Waals surface area contributed by atoms with Gasteiger partial charge in [0.2, 0.25) is 5.75 Å². The lowest BCUT2D eigenvalue weighted by molar-refractivity contribution is 0.162. The van der Waals surface area contributed by atoms with Crippen LogP contribution in [0.1, 0.15) is 5.56 Å². The maximum atomic E-state index is 12.9. The molecule has 2 N–H and O–H groups in total. The first-order chi connectivity index (χ1) is 17.0. The molecule has 4 aromatic rings. The Morgan fingerprint density at radius 1 is 1.00 bits per heavy atom. The summed E-state index contributed by atoms with van der Waals surface area (Å²) < 4.78 is 47.6. The third kappa shape index (κ3) is 5.21. The molecule has 0 saturated heterocycles. The second-order valence-electron chi connectivity index (χ2n) is 8.26. The molecule has 0 amide bonds. The molecule has 1 aromatic heterocycles. The molecule has 182 valence electrons. The van der Waals surface area contributed by atoms with Crippen LogP contribution < -0.4 is 24.2 Å². The molecule has 0 bridgehead atoms. The number of sulfonamides is 1. The Balaban J connectivity index is 1.16. The Morgan fingerprint density at radius 2 is 1.86 bits per heavy atom. The molecule has 0 atom stereocenters. The molecule has 9 heteroatoms. The van der Waals surface area contributed by atoms with Gasteiger partial charge in [-0.3, -0.25) is 4.72 Å². The molecule has 8 nitrogen and oxygen atoms in total. The lowest BCUT2D eigenvalue weighted by Crippen LogP contribution is -2.21. The first-order valence-electron chi connectivity index (χ1n) is 11.4. The molecule has 1 aliphatic rings. The summed E-state index contributed by atoms with van der Waals surface area (Å²) in [5.41, 5.74) is 2.45. The molecule has 0 unspecified atom stereocenters. The zero-order valence-electron chi connectivity index (χ0n) is 19.4. The molecule has 0 saturated carbocycles. The van der Waals surface area contributed by atoms with Gasteiger partial charge in [-0.1, -0.05) is 18.2 Å². The van der Waals surface area contributed by atoms with E-state index in [0.717, 1.165) is 16.5 Å². The second-order valence-corrected chi connectivity index (χ2v) is 9.94. The van der Waals surface area contributed by atoms with E-state index in [-0.39, 0.29) is 4.90 Å². The first-order valence-corrected chi connectivity index (χ1v) is 12.9. The third-order valence-corrected chi connectivity index (χ3v) is 7.12. The van der Waals surface area contributed by atoms with E-state index in [1.54, 1.807) is 18.2 Å². The normalized spacial score (nSPS) is 13.1. The molecule has 0 aliphatic carbocycles. The molecule has 0 spiro atoms. The number of nitrogens with one attached hydrogen (secondary N) is 2. The topological polar surface area (TPSA) is 90.8 Å². The summed E-state index contributed by atoms with van der Waals surface area (Å²) in [6, 6.07) is 20.0. The molecular formula is C26H27N3O5S. The fourth-order valence-corrected chi connectivity index (χ4v) is 5.10. The number of ether oxygens (including phenoxy) is 3. The predicted molar refractivity (Wildman–Crippen MR) is 135 cm³/mol. The van der Waals surface area contributed by atoms with Gasteiger partial charge in [0, 0.05) is 42.9 Å². The summed E-state index contributed by atoms with van der Waals surface area (Å²) in [6.45, 7) is 2.68. The van der Waals surface area contributed by atoms with E-state index in [1.165, 1.54) is 0 Å². The van der Waals surface area contributed by atoms with Crippen LogP contribution in [0.3, 0.4) is 0 Å². The number of aromatic nitrogens is 1. The molecule has 0 radical (unpaired) electrons. The van der Waals surface area contributed by atoms with E-state index < -0.39 is 10.0 Å². The summed E-state index contributed by atoms with van der Waals surface area (Å²) in [4.78, 5) is 0.231. The Morgan fingerprint density at radius 3 is 2.77 bits per heavy atom. The van der Waals surface area contributed by atoms with Crippen molar-refractivity contribution in [3.63, 3.8) is 0 Å². The first kappa shape index (κ1) is 23.1. The van der Waals surface area contributed by atoms with E-state index in [1.807, 2.05) is 66.3 Å². The van der Waals surface area contributed by atoms with Crippen LogP contribution in [0.5, 0.6) is 17.2 Å². The molecule has 1 aliphatic heterocycles. The third-order valence-electron chi connectivity index (χ3n) is 5.74. The highest BCUT2D eigenvalue weighted by Crippen LogP contribution is 2.38. The number of hydrogen-bond acceptors (Lipinski definition) is 6. The minimum absolute atomic E-state index is 0.231. The van der Waals surface area contributed by atoms with Crippen LogP contribution in [0.25, 0.3) is 10.9 Å².